The molecule has 21 heavy (non-hydrogen) atoms. The summed E-state index contributed by atoms with van der Waals surface area (Å²) in [6.07, 6.45) is 2.09. The van der Waals surface area contributed by atoms with Crippen molar-refractivity contribution in [2.24, 2.45) is 0 Å². The first-order valence-corrected chi connectivity index (χ1v) is 7.51. The summed E-state index contributed by atoms with van der Waals surface area (Å²) in [6.45, 7) is 6.64. The molecule has 3 rings (SSSR count). The first kappa shape index (κ1) is 13.9. The standard InChI is InChI=1S/C18H21NO2/c1-12-6-8-15(9-7-12)17-5-4-10-19(17)18(20)16-11-13(2)21-14(16)3/h6-9,11,17H,4-5,10H2,1-3H3/t17-/m0/s1. The molecule has 1 saturated heterocycles. The van der Waals surface area contributed by atoms with E-state index in [0.29, 0.717) is 11.3 Å². The van der Waals surface area contributed by atoms with Gasteiger partial charge in [-0.05, 0) is 45.2 Å². The van der Waals surface area contributed by atoms with Gasteiger partial charge >= 0.3 is 0 Å². The molecule has 3 heteroatoms. The molecule has 0 N–H and O–H groups in total. The van der Waals surface area contributed by atoms with E-state index in [1.165, 1.54) is 11.1 Å². The van der Waals surface area contributed by atoms with Gasteiger partial charge in [-0.1, -0.05) is 29.8 Å². The fourth-order valence-electron chi connectivity index (χ4n) is 3.14. The molecule has 0 unspecified atom stereocenters. The van der Waals surface area contributed by atoms with Gasteiger partial charge in [0, 0.05) is 6.54 Å². The van der Waals surface area contributed by atoms with Crippen LogP contribution in [0.1, 0.15) is 51.9 Å². The van der Waals surface area contributed by atoms with Crippen molar-refractivity contribution in [2.75, 3.05) is 6.54 Å². The number of aryl methyl sites for hydroxylation is 3. The number of carbonyl (C=O) groups is 1. The Hall–Kier alpha value is -2.03. The van der Waals surface area contributed by atoms with E-state index in [-0.39, 0.29) is 11.9 Å². The molecule has 0 saturated carbocycles. The summed E-state index contributed by atoms with van der Waals surface area (Å²) in [6, 6.07) is 10.5. The highest BCUT2D eigenvalue weighted by atomic mass is 16.3. The van der Waals surface area contributed by atoms with Crippen LogP contribution in [0.4, 0.5) is 0 Å². The first-order chi connectivity index (χ1) is 10.1. The summed E-state index contributed by atoms with van der Waals surface area (Å²) in [4.78, 5) is 14.8. The van der Waals surface area contributed by atoms with Gasteiger partial charge in [-0.2, -0.15) is 0 Å². The number of carbonyl (C=O) groups excluding carboxylic acids is 1. The monoisotopic (exact) mass is 283 g/mol. The van der Waals surface area contributed by atoms with Gasteiger partial charge < -0.3 is 9.32 Å². The Bertz CT molecular complexity index is 654. The molecule has 3 nitrogen and oxygen atoms in total. The molecule has 110 valence electrons. The van der Waals surface area contributed by atoms with Gasteiger partial charge in [-0.3, -0.25) is 4.79 Å². The molecule has 1 aromatic carbocycles. The van der Waals surface area contributed by atoms with E-state index in [9.17, 15) is 4.79 Å². The quantitative estimate of drug-likeness (QED) is 0.828. The summed E-state index contributed by atoms with van der Waals surface area (Å²) in [5.74, 6) is 1.60. The lowest BCUT2D eigenvalue weighted by molar-refractivity contribution is 0.0734. The van der Waals surface area contributed by atoms with Crippen molar-refractivity contribution in [2.45, 2.75) is 39.7 Å². The number of likely N-dealkylation sites (tertiary alicyclic amines) is 1. The lowest BCUT2D eigenvalue weighted by Gasteiger charge is -2.25. The predicted octanol–water partition coefficient (Wildman–Crippen LogP) is 4.18. The SMILES string of the molecule is Cc1ccc([C@@H]2CCCN2C(=O)c2cc(C)oc2C)cc1. The Morgan fingerprint density at radius 2 is 1.90 bits per heavy atom. The molecule has 0 aliphatic carbocycles. The van der Waals surface area contributed by atoms with Crippen LogP contribution in [0, 0.1) is 20.8 Å². The number of furan rings is 1. The van der Waals surface area contributed by atoms with Crippen LogP contribution in [-0.4, -0.2) is 17.4 Å². The second kappa shape index (κ2) is 5.40. The van der Waals surface area contributed by atoms with E-state index in [1.807, 2.05) is 24.8 Å². The molecule has 1 aliphatic heterocycles. The average molecular weight is 283 g/mol. The Morgan fingerprint density at radius 1 is 1.19 bits per heavy atom. The molecule has 1 fully saturated rings. The molecule has 1 aliphatic rings. The van der Waals surface area contributed by atoms with Gasteiger partial charge in [0.15, 0.2) is 0 Å². The summed E-state index contributed by atoms with van der Waals surface area (Å²) in [7, 11) is 0. The summed E-state index contributed by atoms with van der Waals surface area (Å²) >= 11 is 0. The Kier molecular flexibility index (Phi) is 3.58. The van der Waals surface area contributed by atoms with E-state index in [4.69, 9.17) is 4.42 Å². The molecule has 2 aromatic rings. The minimum absolute atomic E-state index is 0.0902. The summed E-state index contributed by atoms with van der Waals surface area (Å²) in [5, 5.41) is 0. The third kappa shape index (κ3) is 2.60. The largest absolute Gasteiger partial charge is 0.466 e. The molecule has 0 bridgehead atoms. The molecule has 1 aromatic heterocycles. The highest BCUT2D eigenvalue weighted by Gasteiger charge is 2.32. The van der Waals surface area contributed by atoms with Gasteiger partial charge in [-0.15, -0.1) is 0 Å². The molecular formula is C18H21NO2. The van der Waals surface area contributed by atoms with Crippen molar-refractivity contribution in [3.8, 4) is 0 Å². The second-order valence-corrected chi connectivity index (χ2v) is 5.89. The Morgan fingerprint density at radius 3 is 2.52 bits per heavy atom. The topological polar surface area (TPSA) is 33.5 Å². The lowest BCUT2D eigenvalue weighted by atomic mass is 10.0. The average Bonchev–Trinajstić information content (AvgIpc) is 3.05. The van der Waals surface area contributed by atoms with Gasteiger partial charge in [0.2, 0.25) is 0 Å². The van der Waals surface area contributed by atoms with Crippen LogP contribution in [0.25, 0.3) is 0 Å². The van der Waals surface area contributed by atoms with Gasteiger partial charge in [-0.25, -0.2) is 0 Å². The smallest absolute Gasteiger partial charge is 0.257 e. The van der Waals surface area contributed by atoms with Crippen molar-refractivity contribution in [3.05, 3.63) is 58.5 Å². The fraction of sp³-hybridized carbons (Fsp3) is 0.389. The predicted molar refractivity (Wildman–Crippen MR) is 82.4 cm³/mol. The third-order valence-electron chi connectivity index (χ3n) is 4.25. The number of nitrogens with zero attached hydrogens (tertiary/aromatic N) is 1. The van der Waals surface area contributed by atoms with E-state index in [1.54, 1.807) is 0 Å². The van der Waals surface area contributed by atoms with Crippen LogP contribution >= 0.6 is 0 Å². The van der Waals surface area contributed by atoms with E-state index < -0.39 is 0 Å². The van der Waals surface area contributed by atoms with Gasteiger partial charge in [0.05, 0.1) is 11.6 Å². The van der Waals surface area contributed by atoms with E-state index in [0.717, 1.165) is 25.1 Å². The van der Waals surface area contributed by atoms with Crippen LogP contribution in [0.15, 0.2) is 34.7 Å². The lowest BCUT2D eigenvalue weighted by Crippen LogP contribution is -2.30. The second-order valence-electron chi connectivity index (χ2n) is 5.89. The highest BCUT2D eigenvalue weighted by molar-refractivity contribution is 5.95. The molecule has 1 atom stereocenters. The molecule has 1 amide bonds. The molecule has 2 heterocycles. The Balaban J connectivity index is 1.88. The normalized spacial score (nSPS) is 18.2. The summed E-state index contributed by atoms with van der Waals surface area (Å²) < 4.78 is 5.50. The number of rotatable bonds is 2. The highest BCUT2D eigenvalue weighted by Crippen LogP contribution is 2.34. The minimum atomic E-state index is 0.0902. The van der Waals surface area contributed by atoms with Crippen molar-refractivity contribution in [1.82, 2.24) is 4.90 Å². The van der Waals surface area contributed by atoms with Crippen molar-refractivity contribution in [1.29, 1.82) is 0 Å². The van der Waals surface area contributed by atoms with Crippen LogP contribution in [0.5, 0.6) is 0 Å². The van der Waals surface area contributed by atoms with E-state index >= 15 is 0 Å². The number of hydrogen-bond acceptors (Lipinski definition) is 2. The maximum atomic E-state index is 12.8. The fourth-order valence-corrected chi connectivity index (χ4v) is 3.14. The number of amides is 1. The van der Waals surface area contributed by atoms with Crippen molar-refractivity contribution < 1.29 is 9.21 Å². The van der Waals surface area contributed by atoms with Gasteiger partial charge in [0.1, 0.15) is 11.5 Å². The van der Waals surface area contributed by atoms with Crippen LogP contribution < -0.4 is 0 Å². The zero-order chi connectivity index (χ0) is 15.0. The third-order valence-corrected chi connectivity index (χ3v) is 4.25. The van der Waals surface area contributed by atoms with Crippen molar-refractivity contribution in [3.63, 3.8) is 0 Å². The maximum Gasteiger partial charge on any atom is 0.257 e. The zero-order valence-electron chi connectivity index (χ0n) is 12.8. The minimum Gasteiger partial charge on any atom is -0.466 e. The molecule has 0 spiro atoms. The number of hydrogen-bond donors (Lipinski definition) is 0. The maximum absolute atomic E-state index is 12.8. The van der Waals surface area contributed by atoms with Crippen LogP contribution in [0.2, 0.25) is 0 Å². The van der Waals surface area contributed by atoms with Gasteiger partial charge in [0.25, 0.3) is 5.91 Å². The van der Waals surface area contributed by atoms with E-state index in [2.05, 4.69) is 31.2 Å². The van der Waals surface area contributed by atoms with Crippen LogP contribution in [-0.2, 0) is 0 Å². The zero-order valence-corrected chi connectivity index (χ0v) is 12.8. The first-order valence-electron chi connectivity index (χ1n) is 7.51. The molecule has 0 radical (unpaired) electrons. The van der Waals surface area contributed by atoms with Crippen LogP contribution in [0.3, 0.4) is 0 Å². The summed E-state index contributed by atoms with van der Waals surface area (Å²) in [5.41, 5.74) is 3.17. The number of benzene rings is 1. The molecular weight excluding hydrogens is 262 g/mol. The van der Waals surface area contributed by atoms with Crippen molar-refractivity contribution >= 4 is 5.91 Å². The Labute approximate surface area is 125 Å².